The molecule has 0 saturated heterocycles. The van der Waals surface area contributed by atoms with Gasteiger partial charge in [-0.1, -0.05) is 30.3 Å². The smallest absolute Gasteiger partial charge is 0.305 e. The van der Waals surface area contributed by atoms with Gasteiger partial charge < -0.3 is 15.7 Å². The number of carboxylic acids is 1. The summed E-state index contributed by atoms with van der Waals surface area (Å²) >= 11 is 0. The third-order valence-electron chi connectivity index (χ3n) is 4.25. The summed E-state index contributed by atoms with van der Waals surface area (Å²) in [6, 6.07) is 14.9. The SMILES string of the molecule is O=C(O)CC(NC(=O)c1ccc(NC(=O)C2CC2)cc1)c1ccccc1. The number of anilines is 1. The van der Waals surface area contributed by atoms with Gasteiger partial charge in [0.25, 0.3) is 5.91 Å². The lowest BCUT2D eigenvalue weighted by Gasteiger charge is -2.17. The molecule has 1 aliphatic carbocycles. The van der Waals surface area contributed by atoms with Crippen molar-refractivity contribution in [3.05, 3.63) is 65.7 Å². The Labute approximate surface area is 151 Å². The number of aliphatic carboxylic acids is 1. The maximum Gasteiger partial charge on any atom is 0.305 e. The van der Waals surface area contributed by atoms with Gasteiger partial charge in [-0.15, -0.1) is 0 Å². The molecule has 1 unspecified atom stereocenters. The Morgan fingerprint density at radius 2 is 1.65 bits per heavy atom. The third-order valence-corrected chi connectivity index (χ3v) is 4.25. The summed E-state index contributed by atoms with van der Waals surface area (Å²) in [7, 11) is 0. The van der Waals surface area contributed by atoms with E-state index >= 15 is 0 Å². The third kappa shape index (κ3) is 4.69. The van der Waals surface area contributed by atoms with E-state index in [1.165, 1.54) is 0 Å². The number of rotatable bonds is 7. The number of hydrogen-bond donors (Lipinski definition) is 3. The minimum Gasteiger partial charge on any atom is -0.481 e. The Morgan fingerprint density at radius 3 is 2.23 bits per heavy atom. The maximum atomic E-state index is 12.5. The molecule has 0 bridgehead atoms. The van der Waals surface area contributed by atoms with E-state index in [1.54, 1.807) is 48.5 Å². The van der Waals surface area contributed by atoms with Crippen LogP contribution in [0.25, 0.3) is 0 Å². The summed E-state index contributed by atoms with van der Waals surface area (Å²) in [5, 5.41) is 14.7. The highest BCUT2D eigenvalue weighted by atomic mass is 16.4. The summed E-state index contributed by atoms with van der Waals surface area (Å²) in [6.45, 7) is 0. The van der Waals surface area contributed by atoms with E-state index in [1.807, 2.05) is 6.07 Å². The van der Waals surface area contributed by atoms with Gasteiger partial charge in [-0.2, -0.15) is 0 Å². The highest BCUT2D eigenvalue weighted by Crippen LogP contribution is 2.30. The molecule has 3 rings (SSSR count). The number of carboxylic acid groups (broad SMARTS) is 1. The average molecular weight is 352 g/mol. The van der Waals surface area contributed by atoms with Crippen molar-refractivity contribution in [2.24, 2.45) is 5.92 Å². The molecule has 2 aromatic rings. The number of carbonyl (C=O) groups is 3. The largest absolute Gasteiger partial charge is 0.481 e. The molecule has 0 heterocycles. The summed E-state index contributed by atoms with van der Waals surface area (Å²) in [4.78, 5) is 35.3. The average Bonchev–Trinajstić information content (AvgIpc) is 3.47. The Hall–Kier alpha value is -3.15. The molecule has 2 aromatic carbocycles. The first-order valence-corrected chi connectivity index (χ1v) is 8.51. The van der Waals surface area contributed by atoms with Crippen LogP contribution in [-0.4, -0.2) is 22.9 Å². The van der Waals surface area contributed by atoms with Gasteiger partial charge in [0.05, 0.1) is 12.5 Å². The van der Waals surface area contributed by atoms with Crippen molar-refractivity contribution >= 4 is 23.5 Å². The van der Waals surface area contributed by atoms with Crippen LogP contribution in [0.4, 0.5) is 5.69 Å². The van der Waals surface area contributed by atoms with Gasteiger partial charge in [0, 0.05) is 17.2 Å². The van der Waals surface area contributed by atoms with Gasteiger partial charge in [-0.25, -0.2) is 0 Å². The molecule has 1 atom stereocenters. The molecule has 26 heavy (non-hydrogen) atoms. The van der Waals surface area contributed by atoms with Gasteiger partial charge in [-0.05, 0) is 42.7 Å². The predicted molar refractivity (Wildman–Crippen MR) is 96.7 cm³/mol. The van der Waals surface area contributed by atoms with Gasteiger partial charge in [0.1, 0.15) is 0 Å². The Balaban J connectivity index is 1.66. The molecule has 0 radical (unpaired) electrons. The van der Waals surface area contributed by atoms with Crippen LogP contribution >= 0.6 is 0 Å². The zero-order valence-electron chi connectivity index (χ0n) is 14.1. The van der Waals surface area contributed by atoms with Crippen LogP contribution < -0.4 is 10.6 Å². The lowest BCUT2D eigenvalue weighted by Crippen LogP contribution is -2.30. The first-order chi connectivity index (χ1) is 12.5. The maximum absolute atomic E-state index is 12.5. The lowest BCUT2D eigenvalue weighted by molar-refractivity contribution is -0.137. The fourth-order valence-electron chi connectivity index (χ4n) is 2.65. The summed E-state index contributed by atoms with van der Waals surface area (Å²) in [6.07, 6.45) is 1.65. The van der Waals surface area contributed by atoms with Crippen molar-refractivity contribution in [2.75, 3.05) is 5.32 Å². The molecule has 0 aromatic heterocycles. The van der Waals surface area contributed by atoms with Gasteiger partial charge in [0.15, 0.2) is 0 Å². The van der Waals surface area contributed by atoms with Gasteiger partial charge in [-0.3, -0.25) is 14.4 Å². The van der Waals surface area contributed by atoms with E-state index in [2.05, 4.69) is 10.6 Å². The molecule has 6 nitrogen and oxygen atoms in total. The van der Waals surface area contributed by atoms with Crippen molar-refractivity contribution in [1.29, 1.82) is 0 Å². The summed E-state index contributed by atoms with van der Waals surface area (Å²) in [5.41, 5.74) is 1.78. The van der Waals surface area contributed by atoms with Gasteiger partial charge in [0.2, 0.25) is 5.91 Å². The number of hydrogen-bond acceptors (Lipinski definition) is 3. The van der Waals surface area contributed by atoms with Crippen molar-refractivity contribution in [1.82, 2.24) is 5.32 Å². The first kappa shape index (κ1) is 17.7. The fourth-order valence-corrected chi connectivity index (χ4v) is 2.65. The predicted octanol–water partition coefficient (Wildman–Crippen LogP) is 2.98. The number of carbonyl (C=O) groups excluding carboxylic acids is 2. The fraction of sp³-hybridized carbons (Fsp3) is 0.250. The molecule has 0 aliphatic heterocycles. The minimum absolute atomic E-state index is 0.00722. The van der Waals surface area contributed by atoms with E-state index in [4.69, 9.17) is 5.11 Å². The highest BCUT2D eigenvalue weighted by Gasteiger charge is 2.29. The molecule has 1 saturated carbocycles. The zero-order valence-corrected chi connectivity index (χ0v) is 14.1. The summed E-state index contributed by atoms with van der Waals surface area (Å²) in [5.74, 6) is -1.23. The Bertz CT molecular complexity index is 798. The zero-order chi connectivity index (χ0) is 18.5. The highest BCUT2D eigenvalue weighted by molar-refractivity contribution is 5.97. The summed E-state index contributed by atoms with van der Waals surface area (Å²) < 4.78 is 0. The van der Waals surface area contributed by atoms with Crippen molar-refractivity contribution in [2.45, 2.75) is 25.3 Å². The molecule has 134 valence electrons. The molecule has 6 heteroatoms. The normalized spacial score (nSPS) is 14.3. The second-order valence-corrected chi connectivity index (χ2v) is 6.38. The minimum atomic E-state index is -0.989. The second-order valence-electron chi connectivity index (χ2n) is 6.38. The van der Waals surface area contributed by atoms with Crippen LogP contribution in [0.2, 0.25) is 0 Å². The van der Waals surface area contributed by atoms with E-state index in [9.17, 15) is 14.4 Å². The number of amides is 2. The van der Waals surface area contributed by atoms with Crippen LogP contribution in [0.1, 0.15) is 41.2 Å². The molecule has 2 amide bonds. The molecule has 3 N–H and O–H groups in total. The van der Waals surface area contributed by atoms with Crippen LogP contribution in [0.15, 0.2) is 54.6 Å². The van der Waals surface area contributed by atoms with E-state index in [0.717, 1.165) is 18.4 Å². The molecular weight excluding hydrogens is 332 g/mol. The van der Waals surface area contributed by atoms with Crippen molar-refractivity contribution in [3.8, 4) is 0 Å². The lowest BCUT2D eigenvalue weighted by atomic mass is 10.0. The van der Waals surface area contributed by atoms with Gasteiger partial charge >= 0.3 is 5.97 Å². The van der Waals surface area contributed by atoms with Crippen LogP contribution in [0.5, 0.6) is 0 Å². The standard InChI is InChI=1S/C20H20N2O4/c23-18(24)12-17(13-4-2-1-3-5-13)22-20(26)15-8-10-16(11-9-15)21-19(25)14-6-7-14/h1-5,8-11,14,17H,6-7,12H2,(H,21,25)(H,22,26)(H,23,24). The van der Waals surface area contributed by atoms with Crippen LogP contribution in [0, 0.1) is 5.92 Å². The molecule has 1 fully saturated rings. The molecule has 1 aliphatic rings. The van der Waals surface area contributed by atoms with Crippen molar-refractivity contribution < 1.29 is 19.5 Å². The van der Waals surface area contributed by atoms with E-state index in [0.29, 0.717) is 11.3 Å². The van der Waals surface area contributed by atoms with E-state index in [-0.39, 0.29) is 24.2 Å². The van der Waals surface area contributed by atoms with Crippen molar-refractivity contribution in [3.63, 3.8) is 0 Å². The van der Waals surface area contributed by atoms with Crippen LogP contribution in [-0.2, 0) is 9.59 Å². The number of benzene rings is 2. The molecular formula is C20H20N2O4. The first-order valence-electron chi connectivity index (χ1n) is 8.51. The number of nitrogens with one attached hydrogen (secondary N) is 2. The monoisotopic (exact) mass is 352 g/mol. The Kier molecular flexibility index (Phi) is 5.31. The Morgan fingerprint density at radius 1 is 1.00 bits per heavy atom. The second kappa shape index (κ2) is 7.82. The van der Waals surface area contributed by atoms with E-state index < -0.39 is 12.0 Å². The topological polar surface area (TPSA) is 95.5 Å². The van der Waals surface area contributed by atoms with Crippen LogP contribution in [0.3, 0.4) is 0 Å². The molecule has 0 spiro atoms. The quantitative estimate of drug-likeness (QED) is 0.714.